The first-order valence-corrected chi connectivity index (χ1v) is 15.4. The fourth-order valence-corrected chi connectivity index (χ4v) is 5.61. The van der Waals surface area contributed by atoms with Gasteiger partial charge in [-0.25, -0.2) is 0 Å². The van der Waals surface area contributed by atoms with E-state index in [1.54, 1.807) is 0 Å². The first kappa shape index (κ1) is 33.1. The van der Waals surface area contributed by atoms with E-state index in [0.29, 0.717) is 36.4 Å². The molecule has 2 aliphatic heterocycles. The molecule has 2 aliphatic rings. The molecule has 2 amide bonds. The van der Waals surface area contributed by atoms with Crippen LogP contribution in [0.1, 0.15) is 70.3 Å². The maximum Gasteiger partial charge on any atom is 0.261 e. The number of likely N-dealkylation sites (N-methyl/N-ethyl adjacent to an activating group) is 1. The standard InChI is InChI=1S/C34H50N4O4/c1-6-27(35(2)3)16-15-17-29-30-31(34(42)37(29)22-11-7-9-13-24-39)32(26-18-20-28(21-19-26)36(4)5)38(33(30)41)23-12-8-10-14-25-40/h6,15-16,18-21,39-40H,7-14,17,22-25H2,1-5H3/b16-15-,27-6+. The lowest BCUT2D eigenvalue weighted by Gasteiger charge is -2.25. The normalized spacial score (nSPS) is 15.6. The van der Waals surface area contributed by atoms with Gasteiger partial charge < -0.3 is 29.8 Å². The Bertz CT molecular complexity index is 1190. The lowest BCUT2D eigenvalue weighted by atomic mass is 10.0. The van der Waals surface area contributed by atoms with E-state index in [0.717, 1.165) is 74.0 Å². The maximum atomic E-state index is 14.2. The monoisotopic (exact) mass is 578 g/mol. The molecule has 0 fully saturated rings. The van der Waals surface area contributed by atoms with Gasteiger partial charge in [0.1, 0.15) is 0 Å². The van der Waals surface area contributed by atoms with E-state index in [9.17, 15) is 14.7 Å². The number of hydrogen-bond acceptors (Lipinski definition) is 6. The second-order valence-corrected chi connectivity index (χ2v) is 11.4. The van der Waals surface area contributed by atoms with Gasteiger partial charge >= 0.3 is 0 Å². The number of carbonyl (C=O) groups is 2. The number of amides is 2. The Morgan fingerprint density at radius 3 is 1.83 bits per heavy atom. The molecule has 2 heterocycles. The molecule has 1 aromatic carbocycles. The van der Waals surface area contributed by atoms with E-state index >= 15 is 0 Å². The molecule has 0 saturated heterocycles. The van der Waals surface area contributed by atoms with Gasteiger partial charge in [0, 0.05) is 78.0 Å². The van der Waals surface area contributed by atoms with Crippen molar-refractivity contribution >= 4 is 23.2 Å². The molecule has 0 spiro atoms. The van der Waals surface area contributed by atoms with E-state index in [-0.39, 0.29) is 25.0 Å². The zero-order chi connectivity index (χ0) is 30.6. The van der Waals surface area contributed by atoms with Crippen LogP contribution in [0, 0.1) is 0 Å². The number of rotatable bonds is 18. The summed E-state index contributed by atoms with van der Waals surface area (Å²) < 4.78 is 0. The average Bonchev–Trinajstić information content (AvgIpc) is 3.41. The summed E-state index contributed by atoms with van der Waals surface area (Å²) in [5.74, 6) is -0.200. The highest BCUT2D eigenvalue weighted by Crippen LogP contribution is 2.45. The molecule has 0 unspecified atom stereocenters. The van der Waals surface area contributed by atoms with Gasteiger partial charge in [0.2, 0.25) is 0 Å². The van der Waals surface area contributed by atoms with Crippen LogP contribution < -0.4 is 4.90 Å². The second-order valence-electron chi connectivity index (χ2n) is 11.4. The van der Waals surface area contributed by atoms with Crippen LogP contribution >= 0.6 is 0 Å². The molecule has 0 saturated carbocycles. The molecular weight excluding hydrogens is 528 g/mol. The Hall–Kier alpha value is -3.36. The molecule has 1 aromatic rings. The van der Waals surface area contributed by atoms with Crippen molar-refractivity contribution in [3.05, 3.63) is 70.6 Å². The van der Waals surface area contributed by atoms with Crippen molar-refractivity contribution in [2.24, 2.45) is 0 Å². The Labute approximate surface area is 252 Å². The van der Waals surface area contributed by atoms with Crippen LogP contribution in [0.3, 0.4) is 0 Å². The molecule has 0 aromatic heterocycles. The average molecular weight is 579 g/mol. The molecule has 2 N–H and O–H groups in total. The molecule has 0 bridgehead atoms. The SMILES string of the molecule is C/C=C(\C=C/CC1=C2C(=O)N(CCCCCCO)C(c3ccc(N(C)C)cc3)=C2C(=O)N1CCCCCCO)N(C)C. The lowest BCUT2D eigenvalue weighted by molar-refractivity contribution is -0.124. The summed E-state index contributed by atoms with van der Waals surface area (Å²) in [6, 6.07) is 8.06. The van der Waals surface area contributed by atoms with Gasteiger partial charge in [-0.2, -0.15) is 0 Å². The van der Waals surface area contributed by atoms with Crippen LogP contribution in [0.4, 0.5) is 5.69 Å². The third-order valence-electron chi connectivity index (χ3n) is 7.94. The van der Waals surface area contributed by atoms with Gasteiger partial charge in [0.05, 0.1) is 16.8 Å². The van der Waals surface area contributed by atoms with E-state index in [4.69, 9.17) is 5.11 Å². The molecule has 8 nitrogen and oxygen atoms in total. The molecule has 0 radical (unpaired) electrons. The summed E-state index contributed by atoms with van der Waals surface area (Å²) in [4.78, 5) is 36.0. The summed E-state index contributed by atoms with van der Waals surface area (Å²) in [5, 5.41) is 18.3. The maximum absolute atomic E-state index is 14.2. The van der Waals surface area contributed by atoms with Crippen LogP contribution in [0.25, 0.3) is 5.70 Å². The van der Waals surface area contributed by atoms with Crippen molar-refractivity contribution in [3.63, 3.8) is 0 Å². The van der Waals surface area contributed by atoms with Crippen molar-refractivity contribution in [1.29, 1.82) is 0 Å². The van der Waals surface area contributed by atoms with Gasteiger partial charge in [-0.05, 0) is 56.4 Å². The van der Waals surface area contributed by atoms with E-state index < -0.39 is 0 Å². The van der Waals surface area contributed by atoms with Crippen molar-refractivity contribution in [3.8, 4) is 0 Å². The fourth-order valence-electron chi connectivity index (χ4n) is 5.61. The minimum Gasteiger partial charge on any atom is -0.396 e. The Morgan fingerprint density at radius 2 is 1.31 bits per heavy atom. The summed E-state index contributed by atoms with van der Waals surface area (Å²) >= 11 is 0. The molecule has 8 heteroatoms. The fraction of sp³-hybridized carbons (Fsp3) is 0.529. The molecule has 42 heavy (non-hydrogen) atoms. The highest BCUT2D eigenvalue weighted by molar-refractivity contribution is 6.25. The zero-order valence-corrected chi connectivity index (χ0v) is 26.2. The Kier molecular flexibility index (Phi) is 12.9. The number of aliphatic hydroxyl groups is 2. The number of carbonyl (C=O) groups excluding carboxylic acids is 2. The summed E-state index contributed by atoms with van der Waals surface area (Å²) in [5.41, 5.74) is 5.51. The van der Waals surface area contributed by atoms with Gasteiger partial charge in [0.15, 0.2) is 0 Å². The van der Waals surface area contributed by atoms with Gasteiger partial charge in [0.25, 0.3) is 11.8 Å². The van der Waals surface area contributed by atoms with E-state index in [1.807, 2.05) is 97.2 Å². The van der Waals surface area contributed by atoms with Crippen molar-refractivity contribution in [2.45, 2.75) is 64.7 Å². The Balaban J connectivity index is 2.05. The summed E-state index contributed by atoms with van der Waals surface area (Å²) in [6.45, 7) is 3.42. The first-order valence-electron chi connectivity index (χ1n) is 15.4. The van der Waals surface area contributed by atoms with Gasteiger partial charge in [-0.3, -0.25) is 9.59 Å². The highest BCUT2D eigenvalue weighted by Gasteiger charge is 2.47. The third-order valence-corrected chi connectivity index (χ3v) is 7.94. The van der Waals surface area contributed by atoms with E-state index in [2.05, 4.69) is 0 Å². The highest BCUT2D eigenvalue weighted by atomic mass is 16.3. The van der Waals surface area contributed by atoms with Crippen LogP contribution in [-0.4, -0.2) is 91.2 Å². The number of benzene rings is 1. The number of fused-ring (bicyclic) bond motifs is 1. The number of aliphatic hydroxyl groups excluding tert-OH is 2. The van der Waals surface area contributed by atoms with Crippen molar-refractivity contribution < 1.29 is 19.8 Å². The predicted molar refractivity (Wildman–Crippen MR) is 170 cm³/mol. The number of allylic oxidation sites excluding steroid dienone is 3. The molecule has 0 aliphatic carbocycles. The number of unbranched alkanes of at least 4 members (excludes halogenated alkanes) is 6. The van der Waals surface area contributed by atoms with Gasteiger partial charge in [-0.15, -0.1) is 0 Å². The first-order chi connectivity index (χ1) is 20.3. The number of hydrogen-bond donors (Lipinski definition) is 2. The van der Waals surface area contributed by atoms with E-state index in [1.165, 1.54) is 0 Å². The van der Waals surface area contributed by atoms with Crippen molar-refractivity contribution in [1.82, 2.24) is 14.7 Å². The molecular formula is C34H50N4O4. The number of anilines is 1. The van der Waals surface area contributed by atoms with Crippen LogP contribution in [0.5, 0.6) is 0 Å². The molecule has 230 valence electrons. The Morgan fingerprint density at radius 1 is 0.762 bits per heavy atom. The quantitative estimate of drug-likeness (QED) is 0.190. The van der Waals surface area contributed by atoms with Crippen LogP contribution in [-0.2, 0) is 9.59 Å². The topological polar surface area (TPSA) is 87.6 Å². The van der Waals surface area contributed by atoms with Gasteiger partial charge in [-0.1, -0.05) is 50.0 Å². The largest absolute Gasteiger partial charge is 0.396 e. The minimum absolute atomic E-state index is 0.0998. The molecule has 3 rings (SSSR count). The predicted octanol–water partition coefficient (Wildman–Crippen LogP) is 4.92. The number of nitrogens with zero attached hydrogens (tertiary/aromatic N) is 4. The summed E-state index contributed by atoms with van der Waals surface area (Å²) in [7, 11) is 7.97. The zero-order valence-electron chi connectivity index (χ0n) is 26.2. The lowest BCUT2D eigenvalue weighted by Crippen LogP contribution is -2.31. The molecule has 0 atom stereocenters. The smallest absolute Gasteiger partial charge is 0.261 e. The van der Waals surface area contributed by atoms with Crippen LogP contribution in [0.2, 0.25) is 0 Å². The minimum atomic E-state index is -0.0998. The van der Waals surface area contributed by atoms with Crippen molar-refractivity contribution in [2.75, 3.05) is 59.4 Å². The third kappa shape index (κ3) is 7.92. The van der Waals surface area contributed by atoms with Crippen LogP contribution in [0.15, 0.2) is 65.0 Å². The summed E-state index contributed by atoms with van der Waals surface area (Å²) in [6.07, 6.45) is 13.4. The second kappa shape index (κ2) is 16.3.